The molecule has 0 saturated heterocycles. The minimum Gasteiger partial charge on any atom is -0.461 e. The van der Waals surface area contributed by atoms with E-state index in [2.05, 4.69) is 27.3 Å². The topological polar surface area (TPSA) is 97.6 Å². The standard InChI is InChI=1S/C29H30N4O4/c1-20-26(23-12-14-30-15-13-23)28(24-10-7-11-25(18-24)33(35)36)27(21(2)31-20)29(34)37-17-16-32(3)19-22-8-5-4-6-9-22/h4-15,18,28,31H,16-17,19H2,1-3H3. The molecule has 1 unspecified atom stereocenters. The van der Waals surface area contributed by atoms with Crippen LogP contribution >= 0.6 is 0 Å². The SMILES string of the molecule is CC1=C(C(=O)OCCN(C)Cc2ccccc2)C(c2cccc([N+](=O)[O-])c2)C(c2ccncc2)=C(C)N1. The summed E-state index contributed by atoms with van der Waals surface area (Å²) in [6.07, 6.45) is 3.37. The number of allylic oxidation sites excluding steroid dienone is 3. The van der Waals surface area contributed by atoms with E-state index in [1.165, 1.54) is 17.7 Å². The highest BCUT2D eigenvalue weighted by Gasteiger charge is 2.35. The van der Waals surface area contributed by atoms with E-state index >= 15 is 0 Å². The van der Waals surface area contributed by atoms with Gasteiger partial charge in [0.1, 0.15) is 6.61 Å². The molecule has 0 spiro atoms. The summed E-state index contributed by atoms with van der Waals surface area (Å²) in [6.45, 7) is 5.29. The van der Waals surface area contributed by atoms with Crippen LogP contribution in [0.15, 0.2) is 96.1 Å². The third kappa shape index (κ3) is 6.10. The average molecular weight is 499 g/mol. The number of benzene rings is 2. The second kappa shape index (κ2) is 11.6. The Hall–Kier alpha value is -4.30. The number of aromatic nitrogens is 1. The van der Waals surface area contributed by atoms with E-state index in [-0.39, 0.29) is 12.3 Å². The zero-order valence-corrected chi connectivity index (χ0v) is 21.2. The van der Waals surface area contributed by atoms with E-state index in [0.29, 0.717) is 23.4 Å². The Kier molecular flexibility index (Phi) is 8.10. The molecule has 1 aliphatic heterocycles. The van der Waals surface area contributed by atoms with Gasteiger partial charge in [0, 0.05) is 54.9 Å². The molecule has 0 radical (unpaired) electrons. The number of nitro groups is 1. The van der Waals surface area contributed by atoms with Crippen LogP contribution in [0.4, 0.5) is 5.69 Å². The molecule has 8 heteroatoms. The molecule has 0 saturated carbocycles. The number of nitrogens with zero attached hydrogens (tertiary/aromatic N) is 3. The normalized spacial score (nSPS) is 15.5. The number of hydrogen-bond donors (Lipinski definition) is 1. The summed E-state index contributed by atoms with van der Waals surface area (Å²) in [7, 11) is 1.98. The van der Waals surface area contributed by atoms with Gasteiger partial charge < -0.3 is 10.1 Å². The van der Waals surface area contributed by atoms with Crippen molar-refractivity contribution in [3.63, 3.8) is 0 Å². The van der Waals surface area contributed by atoms with Crippen molar-refractivity contribution >= 4 is 17.2 Å². The smallest absolute Gasteiger partial charge is 0.336 e. The lowest BCUT2D eigenvalue weighted by molar-refractivity contribution is -0.384. The van der Waals surface area contributed by atoms with E-state index in [0.717, 1.165) is 23.4 Å². The van der Waals surface area contributed by atoms with Crippen LogP contribution < -0.4 is 5.32 Å². The largest absolute Gasteiger partial charge is 0.461 e. The third-order valence-corrected chi connectivity index (χ3v) is 6.39. The van der Waals surface area contributed by atoms with Crippen molar-refractivity contribution < 1.29 is 14.5 Å². The summed E-state index contributed by atoms with van der Waals surface area (Å²) in [5.41, 5.74) is 5.47. The molecule has 1 N–H and O–H groups in total. The summed E-state index contributed by atoms with van der Waals surface area (Å²) >= 11 is 0. The number of ether oxygens (including phenoxy) is 1. The molecule has 2 aromatic carbocycles. The van der Waals surface area contributed by atoms with Crippen molar-refractivity contribution in [1.82, 2.24) is 15.2 Å². The maximum Gasteiger partial charge on any atom is 0.336 e. The van der Waals surface area contributed by atoms with Crippen molar-refractivity contribution in [3.05, 3.63) is 123 Å². The molecule has 4 rings (SSSR count). The van der Waals surface area contributed by atoms with Crippen LogP contribution in [-0.2, 0) is 16.1 Å². The van der Waals surface area contributed by atoms with Crippen LogP contribution in [0.2, 0.25) is 0 Å². The number of non-ortho nitro benzene ring substituents is 1. The molecule has 190 valence electrons. The van der Waals surface area contributed by atoms with Gasteiger partial charge in [-0.3, -0.25) is 20.0 Å². The van der Waals surface area contributed by atoms with E-state index in [1.807, 2.05) is 57.3 Å². The van der Waals surface area contributed by atoms with Crippen molar-refractivity contribution in [2.75, 3.05) is 20.2 Å². The van der Waals surface area contributed by atoms with Gasteiger partial charge in [-0.15, -0.1) is 0 Å². The highest BCUT2D eigenvalue weighted by Crippen LogP contribution is 2.44. The van der Waals surface area contributed by atoms with Crippen LogP contribution in [0.3, 0.4) is 0 Å². The van der Waals surface area contributed by atoms with Gasteiger partial charge in [-0.25, -0.2) is 4.79 Å². The molecule has 0 aliphatic carbocycles. The number of pyridine rings is 1. The lowest BCUT2D eigenvalue weighted by atomic mass is 9.78. The second-order valence-corrected chi connectivity index (χ2v) is 9.08. The molecule has 2 heterocycles. The van der Waals surface area contributed by atoms with E-state index < -0.39 is 16.8 Å². The molecule has 0 bridgehead atoms. The number of rotatable bonds is 9. The Labute approximate surface area is 216 Å². The van der Waals surface area contributed by atoms with Crippen LogP contribution in [0.5, 0.6) is 0 Å². The summed E-state index contributed by atoms with van der Waals surface area (Å²) in [5, 5.41) is 14.9. The van der Waals surface area contributed by atoms with Crippen molar-refractivity contribution in [2.45, 2.75) is 26.3 Å². The fraction of sp³-hybridized carbons (Fsp3) is 0.241. The Balaban J connectivity index is 1.61. The Morgan fingerprint density at radius 3 is 2.49 bits per heavy atom. The summed E-state index contributed by atoms with van der Waals surface area (Å²) in [6, 6.07) is 20.3. The van der Waals surface area contributed by atoms with Gasteiger partial charge in [0.05, 0.1) is 10.5 Å². The fourth-order valence-corrected chi connectivity index (χ4v) is 4.68. The number of carbonyl (C=O) groups excluding carboxylic acids is 1. The summed E-state index contributed by atoms with van der Waals surface area (Å²) < 4.78 is 5.76. The second-order valence-electron chi connectivity index (χ2n) is 9.08. The molecule has 1 aromatic heterocycles. The Morgan fingerprint density at radius 2 is 1.78 bits per heavy atom. The molecule has 1 atom stereocenters. The number of nitrogens with one attached hydrogen (secondary N) is 1. The fourth-order valence-electron chi connectivity index (χ4n) is 4.68. The Morgan fingerprint density at radius 1 is 1.05 bits per heavy atom. The zero-order chi connectivity index (χ0) is 26.4. The lowest BCUT2D eigenvalue weighted by Gasteiger charge is -2.32. The van der Waals surface area contributed by atoms with Gasteiger partial charge in [-0.1, -0.05) is 42.5 Å². The monoisotopic (exact) mass is 498 g/mol. The van der Waals surface area contributed by atoms with Gasteiger partial charge in [-0.2, -0.15) is 0 Å². The molecular formula is C29H30N4O4. The summed E-state index contributed by atoms with van der Waals surface area (Å²) in [5.74, 6) is -0.994. The van der Waals surface area contributed by atoms with Crippen LogP contribution in [0.1, 0.15) is 36.5 Å². The minimum atomic E-state index is -0.543. The van der Waals surface area contributed by atoms with E-state index in [4.69, 9.17) is 4.74 Å². The predicted molar refractivity (Wildman–Crippen MR) is 142 cm³/mol. The van der Waals surface area contributed by atoms with Crippen molar-refractivity contribution in [1.29, 1.82) is 0 Å². The first-order chi connectivity index (χ1) is 17.8. The molecule has 0 amide bonds. The summed E-state index contributed by atoms with van der Waals surface area (Å²) in [4.78, 5) is 30.8. The maximum atomic E-state index is 13.5. The minimum absolute atomic E-state index is 0.0318. The molecule has 8 nitrogen and oxygen atoms in total. The molecule has 37 heavy (non-hydrogen) atoms. The lowest BCUT2D eigenvalue weighted by Crippen LogP contribution is -2.30. The first-order valence-electron chi connectivity index (χ1n) is 12.1. The number of likely N-dealkylation sites (N-methyl/N-ethyl adjacent to an activating group) is 1. The molecular weight excluding hydrogens is 468 g/mol. The van der Waals surface area contributed by atoms with Gasteiger partial charge >= 0.3 is 5.97 Å². The maximum absolute atomic E-state index is 13.5. The first kappa shape index (κ1) is 25.8. The van der Waals surface area contributed by atoms with Crippen LogP contribution in [-0.4, -0.2) is 41.0 Å². The number of carbonyl (C=O) groups is 1. The van der Waals surface area contributed by atoms with Gasteiger partial charge in [0.15, 0.2) is 0 Å². The van der Waals surface area contributed by atoms with Crippen molar-refractivity contribution in [2.24, 2.45) is 0 Å². The molecule has 1 aliphatic rings. The highest BCUT2D eigenvalue weighted by molar-refractivity contribution is 5.97. The van der Waals surface area contributed by atoms with Gasteiger partial charge in [0.25, 0.3) is 5.69 Å². The first-order valence-corrected chi connectivity index (χ1v) is 12.1. The predicted octanol–water partition coefficient (Wildman–Crippen LogP) is 5.06. The molecule has 0 fully saturated rings. The quantitative estimate of drug-likeness (QED) is 0.250. The number of esters is 1. The average Bonchev–Trinajstić information content (AvgIpc) is 2.89. The third-order valence-electron chi connectivity index (χ3n) is 6.39. The zero-order valence-electron chi connectivity index (χ0n) is 21.2. The van der Waals surface area contributed by atoms with Gasteiger partial charge in [-0.05, 0) is 55.3 Å². The van der Waals surface area contributed by atoms with Crippen molar-refractivity contribution in [3.8, 4) is 0 Å². The number of nitro benzene ring substituents is 1. The highest BCUT2D eigenvalue weighted by atomic mass is 16.6. The molecule has 3 aromatic rings. The number of dihydropyridines is 1. The van der Waals surface area contributed by atoms with E-state index in [9.17, 15) is 14.9 Å². The number of hydrogen-bond acceptors (Lipinski definition) is 7. The van der Waals surface area contributed by atoms with Crippen LogP contribution in [0, 0.1) is 10.1 Å². The van der Waals surface area contributed by atoms with Crippen LogP contribution in [0.25, 0.3) is 5.57 Å². The Bertz CT molecular complexity index is 1340. The van der Waals surface area contributed by atoms with Gasteiger partial charge in [0.2, 0.25) is 0 Å². The van der Waals surface area contributed by atoms with E-state index in [1.54, 1.807) is 18.5 Å².